The lowest BCUT2D eigenvalue weighted by molar-refractivity contribution is -0.0222. The molecule has 0 amide bonds. The van der Waals surface area contributed by atoms with E-state index in [9.17, 15) is 4.39 Å². The van der Waals surface area contributed by atoms with Crippen LogP contribution in [0.25, 0.3) is 0 Å². The summed E-state index contributed by atoms with van der Waals surface area (Å²) in [6, 6.07) is 7.15. The SMILES string of the molecule is CO[C@H]1CCCN(Cc2cscn2)[C@H]1Cc1cccc(F)c1. The van der Waals surface area contributed by atoms with Crippen molar-refractivity contribution < 1.29 is 9.13 Å². The third kappa shape index (κ3) is 3.72. The monoisotopic (exact) mass is 320 g/mol. The van der Waals surface area contributed by atoms with E-state index in [4.69, 9.17) is 4.74 Å². The zero-order valence-electron chi connectivity index (χ0n) is 12.7. The summed E-state index contributed by atoms with van der Waals surface area (Å²) in [5, 5.41) is 2.09. The number of halogens is 1. The van der Waals surface area contributed by atoms with Gasteiger partial charge in [0.2, 0.25) is 0 Å². The lowest BCUT2D eigenvalue weighted by Gasteiger charge is -2.40. The second kappa shape index (κ2) is 7.31. The van der Waals surface area contributed by atoms with Crippen LogP contribution in [0.2, 0.25) is 0 Å². The van der Waals surface area contributed by atoms with E-state index in [1.165, 1.54) is 6.07 Å². The molecule has 0 radical (unpaired) electrons. The van der Waals surface area contributed by atoms with Gasteiger partial charge in [0.25, 0.3) is 0 Å². The van der Waals surface area contributed by atoms with Gasteiger partial charge in [0.05, 0.1) is 17.3 Å². The zero-order valence-corrected chi connectivity index (χ0v) is 13.6. The fourth-order valence-corrected chi connectivity index (χ4v) is 3.80. The molecule has 1 aromatic carbocycles. The number of likely N-dealkylation sites (tertiary alicyclic amines) is 1. The Morgan fingerprint density at radius 3 is 3.09 bits per heavy atom. The molecule has 5 heteroatoms. The quantitative estimate of drug-likeness (QED) is 0.843. The maximum Gasteiger partial charge on any atom is 0.123 e. The number of rotatable bonds is 5. The fourth-order valence-electron chi connectivity index (χ4n) is 3.25. The van der Waals surface area contributed by atoms with Crippen molar-refractivity contribution in [3.63, 3.8) is 0 Å². The number of nitrogens with zero attached hydrogens (tertiary/aromatic N) is 2. The highest BCUT2D eigenvalue weighted by atomic mass is 32.1. The van der Waals surface area contributed by atoms with E-state index < -0.39 is 0 Å². The number of thiazole rings is 1. The molecular formula is C17H21FN2OS. The predicted molar refractivity (Wildman–Crippen MR) is 86.4 cm³/mol. The van der Waals surface area contributed by atoms with E-state index in [1.807, 2.05) is 11.6 Å². The Balaban J connectivity index is 1.77. The van der Waals surface area contributed by atoms with Gasteiger partial charge in [-0.2, -0.15) is 0 Å². The molecule has 1 aromatic heterocycles. The minimum Gasteiger partial charge on any atom is -0.380 e. The molecule has 3 rings (SSSR count). The molecule has 0 aliphatic carbocycles. The van der Waals surface area contributed by atoms with Gasteiger partial charge in [-0.05, 0) is 43.5 Å². The van der Waals surface area contributed by atoms with Gasteiger partial charge in [0.15, 0.2) is 0 Å². The van der Waals surface area contributed by atoms with Gasteiger partial charge in [-0.15, -0.1) is 11.3 Å². The number of aromatic nitrogens is 1. The summed E-state index contributed by atoms with van der Waals surface area (Å²) in [5.74, 6) is -0.173. The van der Waals surface area contributed by atoms with Crippen molar-refractivity contribution in [3.8, 4) is 0 Å². The summed E-state index contributed by atoms with van der Waals surface area (Å²) in [6.45, 7) is 1.88. The first-order valence-electron chi connectivity index (χ1n) is 7.64. The van der Waals surface area contributed by atoms with Gasteiger partial charge in [0, 0.05) is 25.1 Å². The normalized spacial score (nSPS) is 22.8. The van der Waals surface area contributed by atoms with Crippen LogP contribution in [0, 0.1) is 5.82 Å². The molecule has 1 aliphatic heterocycles. The van der Waals surface area contributed by atoms with E-state index in [0.717, 1.165) is 43.6 Å². The summed E-state index contributed by atoms with van der Waals surface area (Å²) in [5.41, 5.74) is 4.00. The second-order valence-corrected chi connectivity index (χ2v) is 6.49. The Hall–Kier alpha value is -1.30. The lowest BCUT2D eigenvalue weighted by Crippen LogP contribution is -2.49. The molecule has 0 saturated carbocycles. The predicted octanol–water partition coefficient (Wildman–Crippen LogP) is 3.50. The number of methoxy groups -OCH3 is 1. The fraction of sp³-hybridized carbons (Fsp3) is 0.471. The minimum absolute atomic E-state index is 0.173. The Kier molecular flexibility index (Phi) is 5.18. The molecule has 0 spiro atoms. The molecule has 0 unspecified atom stereocenters. The molecule has 2 aromatic rings. The first kappa shape index (κ1) is 15.6. The van der Waals surface area contributed by atoms with Crippen LogP contribution in [-0.4, -0.2) is 35.7 Å². The second-order valence-electron chi connectivity index (χ2n) is 5.77. The molecule has 3 nitrogen and oxygen atoms in total. The van der Waals surface area contributed by atoms with Crippen molar-refractivity contribution in [1.82, 2.24) is 9.88 Å². The van der Waals surface area contributed by atoms with Crippen LogP contribution in [-0.2, 0) is 17.7 Å². The van der Waals surface area contributed by atoms with Crippen LogP contribution >= 0.6 is 11.3 Å². The van der Waals surface area contributed by atoms with Crippen molar-refractivity contribution in [2.75, 3.05) is 13.7 Å². The van der Waals surface area contributed by atoms with Crippen LogP contribution in [0.3, 0.4) is 0 Å². The highest BCUT2D eigenvalue weighted by Gasteiger charge is 2.31. The van der Waals surface area contributed by atoms with Gasteiger partial charge >= 0.3 is 0 Å². The molecular weight excluding hydrogens is 299 g/mol. The van der Waals surface area contributed by atoms with Gasteiger partial charge in [-0.25, -0.2) is 9.37 Å². The number of hydrogen-bond acceptors (Lipinski definition) is 4. The number of benzene rings is 1. The van der Waals surface area contributed by atoms with Crippen molar-refractivity contribution in [3.05, 3.63) is 52.2 Å². The number of hydrogen-bond donors (Lipinski definition) is 0. The summed E-state index contributed by atoms with van der Waals surface area (Å²) in [4.78, 5) is 6.82. The topological polar surface area (TPSA) is 25.4 Å². The Morgan fingerprint density at radius 1 is 1.45 bits per heavy atom. The van der Waals surface area contributed by atoms with Gasteiger partial charge in [0.1, 0.15) is 5.82 Å². The Morgan fingerprint density at radius 2 is 2.36 bits per heavy atom. The summed E-state index contributed by atoms with van der Waals surface area (Å²) in [6.07, 6.45) is 3.18. The molecule has 1 aliphatic rings. The summed E-state index contributed by atoms with van der Waals surface area (Å²) < 4.78 is 19.2. The van der Waals surface area contributed by atoms with Crippen molar-refractivity contribution in [2.24, 2.45) is 0 Å². The minimum atomic E-state index is -0.173. The maximum atomic E-state index is 13.4. The zero-order chi connectivity index (χ0) is 15.4. The molecule has 2 heterocycles. The number of piperidine rings is 1. The molecule has 0 N–H and O–H groups in total. The number of ether oxygens (including phenoxy) is 1. The van der Waals surface area contributed by atoms with Gasteiger partial charge in [-0.1, -0.05) is 12.1 Å². The largest absolute Gasteiger partial charge is 0.380 e. The van der Waals surface area contributed by atoms with Gasteiger partial charge in [-0.3, -0.25) is 4.90 Å². The Labute approximate surface area is 134 Å². The van der Waals surface area contributed by atoms with Crippen LogP contribution < -0.4 is 0 Å². The first-order chi connectivity index (χ1) is 10.8. The van der Waals surface area contributed by atoms with E-state index in [-0.39, 0.29) is 18.0 Å². The van der Waals surface area contributed by atoms with Crippen LogP contribution in [0.4, 0.5) is 4.39 Å². The van der Waals surface area contributed by atoms with Crippen LogP contribution in [0.15, 0.2) is 35.2 Å². The average molecular weight is 320 g/mol. The highest BCUT2D eigenvalue weighted by molar-refractivity contribution is 7.07. The molecule has 2 atom stereocenters. The molecule has 0 bridgehead atoms. The Bertz CT molecular complexity index is 590. The third-order valence-corrected chi connectivity index (χ3v) is 4.95. The molecule has 1 fully saturated rings. The van der Waals surface area contributed by atoms with E-state index in [0.29, 0.717) is 0 Å². The lowest BCUT2D eigenvalue weighted by atomic mass is 9.92. The van der Waals surface area contributed by atoms with Crippen molar-refractivity contribution in [2.45, 2.75) is 38.0 Å². The van der Waals surface area contributed by atoms with E-state index in [1.54, 1.807) is 30.6 Å². The molecule has 118 valence electrons. The standard InChI is InChI=1S/C17H21FN2OS/c1-21-17-6-3-7-20(10-15-11-22-12-19-15)16(17)9-13-4-2-5-14(18)8-13/h2,4-5,8,11-12,16-17H,3,6-7,9-10H2,1H3/t16-,17-/m0/s1. The van der Waals surface area contributed by atoms with E-state index >= 15 is 0 Å². The first-order valence-corrected chi connectivity index (χ1v) is 8.59. The smallest absolute Gasteiger partial charge is 0.123 e. The summed E-state index contributed by atoms with van der Waals surface area (Å²) >= 11 is 1.62. The van der Waals surface area contributed by atoms with Crippen molar-refractivity contribution >= 4 is 11.3 Å². The average Bonchev–Trinajstić information content (AvgIpc) is 3.02. The van der Waals surface area contributed by atoms with Crippen LogP contribution in [0.5, 0.6) is 0 Å². The maximum absolute atomic E-state index is 13.4. The van der Waals surface area contributed by atoms with E-state index in [2.05, 4.69) is 15.3 Å². The van der Waals surface area contributed by atoms with Gasteiger partial charge < -0.3 is 4.74 Å². The van der Waals surface area contributed by atoms with Crippen molar-refractivity contribution in [1.29, 1.82) is 0 Å². The molecule has 22 heavy (non-hydrogen) atoms. The highest BCUT2D eigenvalue weighted by Crippen LogP contribution is 2.25. The third-order valence-electron chi connectivity index (χ3n) is 4.32. The van der Waals surface area contributed by atoms with Crippen LogP contribution in [0.1, 0.15) is 24.1 Å². The summed E-state index contributed by atoms with van der Waals surface area (Å²) in [7, 11) is 1.77. The molecule has 1 saturated heterocycles.